The van der Waals surface area contributed by atoms with Crippen molar-refractivity contribution in [1.82, 2.24) is 15.3 Å². The van der Waals surface area contributed by atoms with Crippen molar-refractivity contribution in [2.24, 2.45) is 21.4 Å². The first-order valence-corrected chi connectivity index (χ1v) is 11.2. The number of rotatable bonds is 3. The van der Waals surface area contributed by atoms with Gasteiger partial charge >= 0.3 is 0 Å². The summed E-state index contributed by atoms with van der Waals surface area (Å²) in [6, 6.07) is 5.78. The van der Waals surface area contributed by atoms with Crippen LogP contribution in [0.1, 0.15) is 25.7 Å². The quantitative estimate of drug-likeness (QED) is 0.713. The molecule has 30 heavy (non-hydrogen) atoms. The predicted octanol–water partition coefficient (Wildman–Crippen LogP) is 4.02. The number of allylic oxidation sites excluding steroid dienone is 2. The summed E-state index contributed by atoms with van der Waals surface area (Å²) in [5, 5.41) is 6.00. The van der Waals surface area contributed by atoms with Gasteiger partial charge in [-0.3, -0.25) is 9.89 Å². The third kappa shape index (κ3) is 3.45. The topological polar surface area (TPSA) is 62.1 Å². The van der Waals surface area contributed by atoms with Crippen LogP contribution in [0.4, 0.5) is 0 Å². The van der Waals surface area contributed by atoms with Crippen LogP contribution in [0.15, 0.2) is 51.2 Å². The molecule has 1 aromatic heterocycles. The van der Waals surface area contributed by atoms with Crippen LogP contribution in [0.25, 0.3) is 0 Å². The molecular formula is C22H25Cl2N5O. The van der Waals surface area contributed by atoms with Crippen LogP contribution < -0.4 is 10.2 Å². The number of aliphatic imine (C=N–C) groups is 1. The van der Waals surface area contributed by atoms with Gasteiger partial charge < -0.3 is 10.2 Å². The van der Waals surface area contributed by atoms with Gasteiger partial charge in [0.15, 0.2) is 0 Å². The van der Waals surface area contributed by atoms with Crippen molar-refractivity contribution in [1.29, 1.82) is 0 Å². The third-order valence-corrected chi connectivity index (χ3v) is 7.16. The molecule has 4 aliphatic rings. The maximum absolute atomic E-state index is 6.37. The highest BCUT2D eigenvalue weighted by atomic mass is 35.5. The lowest BCUT2D eigenvalue weighted by Crippen LogP contribution is -2.56. The number of nitrogens with one attached hydrogen (secondary N) is 1. The molecule has 0 radical (unpaired) electrons. The van der Waals surface area contributed by atoms with Crippen molar-refractivity contribution in [3.8, 4) is 5.88 Å². The fraction of sp³-hybridized carbons (Fsp3) is 0.500. The number of nitrogens with zero attached hydrogens (tertiary/aromatic N) is 4. The summed E-state index contributed by atoms with van der Waals surface area (Å²) in [7, 11) is 2.17. The number of pyridine rings is 1. The molecule has 1 spiro atoms. The Kier molecular flexibility index (Phi) is 5.33. The summed E-state index contributed by atoms with van der Waals surface area (Å²) >= 11 is 12.4. The Morgan fingerprint density at radius 2 is 2.03 bits per heavy atom. The number of hydrogen-bond donors (Lipinski definition) is 1. The zero-order valence-electron chi connectivity index (χ0n) is 16.9. The molecule has 3 aliphatic heterocycles. The van der Waals surface area contributed by atoms with Gasteiger partial charge in [-0.15, -0.1) is 0 Å². The van der Waals surface area contributed by atoms with Gasteiger partial charge in [-0.1, -0.05) is 29.3 Å². The Morgan fingerprint density at radius 3 is 2.83 bits per heavy atom. The van der Waals surface area contributed by atoms with Gasteiger partial charge in [0.05, 0.1) is 22.7 Å². The van der Waals surface area contributed by atoms with E-state index in [0.29, 0.717) is 28.0 Å². The van der Waals surface area contributed by atoms with Crippen LogP contribution in [0.5, 0.6) is 5.88 Å². The highest BCUT2D eigenvalue weighted by molar-refractivity contribution is 6.31. The van der Waals surface area contributed by atoms with Crippen LogP contribution in [0, 0.1) is 11.3 Å². The monoisotopic (exact) mass is 445 g/mol. The summed E-state index contributed by atoms with van der Waals surface area (Å²) in [6.07, 6.45) is 10.0. The van der Waals surface area contributed by atoms with Crippen molar-refractivity contribution >= 4 is 35.1 Å². The van der Waals surface area contributed by atoms with Crippen molar-refractivity contribution in [2.75, 3.05) is 20.1 Å². The van der Waals surface area contributed by atoms with Gasteiger partial charge in [0, 0.05) is 37.0 Å². The summed E-state index contributed by atoms with van der Waals surface area (Å²) in [6.45, 7) is 1.68. The Balaban J connectivity index is 1.36. The predicted molar refractivity (Wildman–Crippen MR) is 120 cm³/mol. The zero-order valence-corrected chi connectivity index (χ0v) is 18.4. The lowest BCUT2D eigenvalue weighted by molar-refractivity contribution is 0.136. The first-order valence-electron chi connectivity index (χ1n) is 10.5. The van der Waals surface area contributed by atoms with Crippen LogP contribution >= 0.6 is 23.2 Å². The maximum atomic E-state index is 6.37. The average molecular weight is 446 g/mol. The molecular weight excluding hydrogens is 421 g/mol. The fourth-order valence-corrected chi connectivity index (χ4v) is 5.72. The second-order valence-corrected chi connectivity index (χ2v) is 9.33. The lowest BCUT2D eigenvalue weighted by Gasteiger charge is -2.43. The molecule has 1 saturated heterocycles. The number of ether oxygens (including phenoxy) is 1. The third-order valence-electron chi connectivity index (χ3n) is 6.74. The zero-order chi connectivity index (χ0) is 20.7. The molecule has 0 aromatic carbocycles. The van der Waals surface area contributed by atoms with Crippen LogP contribution in [0.3, 0.4) is 0 Å². The molecule has 1 aromatic rings. The van der Waals surface area contributed by atoms with E-state index < -0.39 is 0 Å². The van der Waals surface area contributed by atoms with E-state index in [1.54, 1.807) is 12.3 Å². The van der Waals surface area contributed by atoms with Crippen molar-refractivity contribution in [3.05, 3.63) is 46.2 Å². The SMILES string of the molecule is CN1CC2=CC(Cl)=CN=C[C@]23C(C2CCC(Oc4cccc(Cl)n4)CC2)=NNC[C@@H]13. The number of hydrogen-bond acceptors (Lipinski definition) is 6. The van der Waals surface area contributed by atoms with Crippen LogP contribution in [0.2, 0.25) is 5.15 Å². The molecule has 0 unspecified atom stereocenters. The molecule has 1 aliphatic carbocycles. The number of aromatic nitrogens is 1. The lowest BCUT2D eigenvalue weighted by atomic mass is 9.66. The number of halogens is 2. The normalized spacial score (nSPS) is 33.4. The fourth-order valence-electron chi connectivity index (χ4n) is 5.37. The van der Waals surface area contributed by atoms with E-state index in [1.165, 1.54) is 11.3 Å². The molecule has 0 bridgehead atoms. The van der Waals surface area contributed by atoms with Gasteiger partial charge in [-0.05, 0) is 50.4 Å². The average Bonchev–Trinajstić information content (AvgIpc) is 2.90. The smallest absolute Gasteiger partial charge is 0.214 e. The highest BCUT2D eigenvalue weighted by Gasteiger charge is 2.55. The van der Waals surface area contributed by atoms with E-state index in [0.717, 1.165) is 38.8 Å². The minimum atomic E-state index is -0.278. The number of likely N-dealkylation sites (N-methyl/N-ethyl adjacent to an activating group) is 1. The van der Waals surface area contributed by atoms with E-state index >= 15 is 0 Å². The van der Waals surface area contributed by atoms with Crippen molar-refractivity contribution in [2.45, 2.75) is 37.8 Å². The second-order valence-electron chi connectivity index (χ2n) is 8.51. The van der Waals surface area contributed by atoms with Crippen LogP contribution in [-0.4, -0.2) is 54.1 Å². The molecule has 1 N–H and O–H groups in total. The summed E-state index contributed by atoms with van der Waals surface area (Å²) < 4.78 is 6.09. The van der Waals surface area contributed by atoms with Gasteiger partial charge in [0.1, 0.15) is 11.3 Å². The Bertz CT molecular complexity index is 951. The standard InChI is InChI=1S/C22H25Cl2N5O/c1-29-12-15-9-16(23)10-25-13-22(15)18(29)11-26-28-21(22)14-5-7-17(8-6-14)30-20-4-2-3-19(24)27-20/h2-4,9-10,13-14,17-18,26H,5-8,11-12H2,1H3/t14?,17?,18-,22+/m1/s1. The summed E-state index contributed by atoms with van der Waals surface area (Å²) in [5.41, 5.74) is 5.51. The molecule has 0 amide bonds. The van der Waals surface area contributed by atoms with E-state index in [1.807, 2.05) is 12.1 Å². The minimum absolute atomic E-state index is 0.151. The van der Waals surface area contributed by atoms with Crippen LogP contribution in [-0.2, 0) is 0 Å². The number of hydrazone groups is 1. The molecule has 1 saturated carbocycles. The number of likely N-dealkylation sites (tertiary alicyclic amines) is 1. The van der Waals surface area contributed by atoms with Gasteiger partial charge in [-0.25, -0.2) is 4.98 Å². The largest absolute Gasteiger partial charge is 0.474 e. The van der Waals surface area contributed by atoms with Gasteiger partial charge in [0.2, 0.25) is 5.88 Å². The first-order chi connectivity index (χ1) is 14.6. The molecule has 5 rings (SSSR count). The Labute approximate surface area is 186 Å². The van der Waals surface area contributed by atoms with E-state index in [-0.39, 0.29) is 11.5 Å². The highest BCUT2D eigenvalue weighted by Crippen LogP contribution is 2.47. The summed E-state index contributed by atoms with van der Waals surface area (Å²) in [5.74, 6) is 0.978. The van der Waals surface area contributed by atoms with E-state index in [9.17, 15) is 0 Å². The maximum Gasteiger partial charge on any atom is 0.214 e. The minimum Gasteiger partial charge on any atom is -0.474 e. The van der Waals surface area contributed by atoms with Gasteiger partial charge in [-0.2, -0.15) is 5.10 Å². The Hall–Kier alpha value is -1.89. The molecule has 8 heteroatoms. The van der Waals surface area contributed by atoms with Crippen molar-refractivity contribution in [3.63, 3.8) is 0 Å². The molecule has 2 fully saturated rings. The first kappa shape index (κ1) is 20.0. The van der Waals surface area contributed by atoms with Gasteiger partial charge in [0.25, 0.3) is 0 Å². The Morgan fingerprint density at radius 1 is 1.20 bits per heavy atom. The molecule has 158 valence electrons. The molecule has 6 nitrogen and oxygen atoms in total. The second kappa shape index (κ2) is 7.98. The van der Waals surface area contributed by atoms with E-state index in [2.05, 4.69) is 39.6 Å². The summed E-state index contributed by atoms with van der Waals surface area (Å²) in [4.78, 5) is 11.2. The molecule has 4 heterocycles. The van der Waals surface area contributed by atoms with Crippen molar-refractivity contribution < 1.29 is 4.74 Å². The molecule has 2 atom stereocenters. The van der Waals surface area contributed by atoms with E-state index in [4.69, 9.17) is 33.0 Å².